The number of ether oxygens (including phenoxy) is 3. The van der Waals surface area contributed by atoms with Crippen molar-refractivity contribution in [3.63, 3.8) is 0 Å². The van der Waals surface area contributed by atoms with Crippen molar-refractivity contribution in [3.8, 4) is 0 Å². The highest BCUT2D eigenvalue weighted by atomic mass is 16.7. The van der Waals surface area contributed by atoms with Crippen LogP contribution in [-0.2, 0) is 14.2 Å². The van der Waals surface area contributed by atoms with Crippen LogP contribution in [0.25, 0.3) is 0 Å². The largest absolute Gasteiger partial charge is 0.385 e. The summed E-state index contributed by atoms with van der Waals surface area (Å²) in [5, 5.41) is 0. The fourth-order valence-electron chi connectivity index (χ4n) is 0.631. The van der Waals surface area contributed by atoms with E-state index >= 15 is 0 Å². The van der Waals surface area contributed by atoms with Crippen molar-refractivity contribution < 1.29 is 14.2 Å². The van der Waals surface area contributed by atoms with Crippen molar-refractivity contribution in [1.82, 2.24) is 0 Å². The van der Waals surface area contributed by atoms with Gasteiger partial charge in [0.15, 0.2) is 6.29 Å². The van der Waals surface area contributed by atoms with Gasteiger partial charge in [-0.2, -0.15) is 0 Å². The van der Waals surface area contributed by atoms with Crippen LogP contribution < -0.4 is 0 Å². The third-order valence-electron chi connectivity index (χ3n) is 1.31. The van der Waals surface area contributed by atoms with Crippen LogP contribution in [0.4, 0.5) is 0 Å². The van der Waals surface area contributed by atoms with E-state index in [1.807, 2.05) is 0 Å². The highest BCUT2D eigenvalue weighted by Crippen LogP contribution is 1.95. The third-order valence-corrected chi connectivity index (χ3v) is 1.31. The summed E-state index contributed by atoms with van der Waals surface area (Å²) in [7, 11) is 3.27. The molecule has 0 rings (SSSR count). The Hall–Kier alpha value is -0.120. The van der Waals surface area contributed by atoms with E-state index in [1.165, 1.54) is 0 Å². The molecule has 0 aliphatic rings. The fourth-order valence-corrected chi connectivity index (χ4v) is 0.631. The molecule has 0 aromatic heterocycles. The Morgan fingerprint density at radius 1 is 1.18 bits per heavy atom. The summed E-state index contributed by atoms with van der Waals surface area (Å²) in [4.78, 5) is 0. The standard InChI is InChI=1S/C8H17O3/c1-8(10-3)11-7-5-4-6-9-2/h8H,1,4-7H2,2-3H3. The van der Waals surface area contributed by atoms with Gasteiger partial charge in [0, 0.05) is 34.4 Å². The van der Waals surface area contributed by atoms with Gasteiger partial charge < -0.3 is 14.2 Å². The summed E-state index contributed by atoms with van der Waals surface area (Å²) in [5.74, 6) is 0. The van der Waals surface area contributed by atoms with Gasteiger partial charge in [-0.15, -0.1) is 0 Å². The number of rotatable bonds is 7. The summed E-state index contributed by atoms with van der Waals surface area (Å²) >= 11 is 0. The Balaban J connectivity index is 2.89. The minimum Gasteiger partial charge on any atom is -0.385 e. The van der Waals surface area contributed by atoms with Crippen LogP contribution in [0, 0.1) is 6.92 Å². The zero-order valence-electron chi connectivity index (χ0n) is 7.34. The van der Waals surface area contributed by atoms with Gasteiger partial charge in [-0.25, -0.2) is 0 Å². The summed E-state index contributed by atoms with van der Waals surface area (Å²) in [6, 6.07) is 0. The molecular formula is C8H17O3. The van der Waals surface area contributed by atoms with Crippen LogP contribution in [0.15, 0.2) is 0 Å². The Bertz CT molecular complexity index is 75.7. The molecule has 1 atom stereocenters. The summed E-state index contributed by atoms with van der Waals surface area (Å²) in [5.41, 5.74) is 0. The number of hydrogen-bond acceptors (Lipinski definition) is 3. The Morgan fingerprint density at radius 2 is 1.82 bits per heavy atom. The first-order valence-electron chi connectivity index (χ1n) is 3.77. The van der Waals surface area contributed by atoms with E-state index in [-0.39, 0.29) is 6.29 Å². The Morgan fingerprint density at radius 3 is 2.36 bits per heavy atom. The average Bonchev–Trinajstić information content (AvgIpc) is 2.04. The van der Waals surface area contributed by atoms with Crippen molar-refractivity contribution >= 4 is 0 Å². The molecule has 0 aromatic rings. The van der Waals surface area contributed by atoms with Crippen molar-refractivity contribution in [1.29, 1.82) is 0 Å². The third kappa shape index (κ3) is 7.78. The monoisotopic (exact) mass is 161 g/mol. The second-order valence-corrected chi connectivity index (χ2v) is 2.24. The summed E-state index contributed by atoms with van der Waals surface area (Å²) in [6.45, 7) is 5.07. The maximum absolute atomic E-state index is 5.15. The van der Waals surface area contributed by atoms with Gasteiger partial charge >= 0.3 is 0 Å². The second-order valence-electron chi connectivity index (χ2n) is 2.24. The van der Waals surface area contributed by atoms with Gasteiger partial charge in [0.2, 0.25) is 0 Å². The van der Waals surface area contributed by atoms with Gasteiger partial charge in [-0.05, 0) is 12.8 Å². The quantitative estimate of drug-likeness (QED) is 0.415. The highest BCUT2D eigenvalue weighted by Gasteiger charge is 1.96. The Kier molecular flexibility index (Phi) is 7.89. The van der Waals surface area contributed by atoms with E-state index in [4.69, 9.17) is 14.2 Å². The lowest BCUT2D eigenvalue weighted by Gasteiger charge is -2.09. The van der Waals surface area contributed by atoms with Crippen LogP contribution in [0.1, 0.15) is 12.8 Å². The minimum absolute atomic E-state index is 0.336. The van der Waals surface area contributed by atoms with Gasteiger partial charge in [0.25, 0.3) is 0 Å². The van der Waals surface area contributed by atoms with E-state index in [0.29, 0.717) is 6.61 Å². The molecule has 1 unspecified atom stereocenters. The molecule has 11 heavy (non-hydrogen) atoms. The number of unbranched alkanes of at least 4 members (excludes halogenated alkanes) is 1. The highest BCUT2D eigenvalue weighted by molar-refractivity contribution is 4.44. The minimum atomic E-state index is -0.336. The molecule has 0 N–H and O–H groups in total. The average molecular weight is 161 g/mol. The van der Waals surface area contributed by atoms with E-state index in [0.717, 1.165) is 19.4 Å². The first-order valence-corrected chi connectivity index (χ1v) is 3.77. The molecule has 0 aliphatic heterocycles. The van der Waals surface area contributed by atoms with E-state index in [2.05, 4.69) is 6.92 Å². The van der Waals surface area contributed by atoms with E-state index in [1.54, 1.807) is 14.2 Å². The Labute approximate surface area is 68.6 Å². The first-order chi connectivity index (χ1) is 5.31. The molecule has 1 radical (unpaired) electrons. The van der Waals surface area contributed by atoms with Gasteiger partial charge in [-0.1, -0.05) is 0 Å². The molecule has 0 spiro atoms. The van der Waals surface area contributed by atoms with Crippen LogP contribution in [-0.4, -0.2) is 33.7 Å². The smallest absolute Gasteiger partial charge is 0.157 e. The second kappa shape index (κ2) is 7.98. The molecule has 0 bridgehead atoms. The van der Waals surface area contributed by atoms with E-state index < -0.39 is 0 Å². The fraction of sp³-hybridized carbons (Fsp3) is 0.875. The molecule has 0 amide bonds. The number of hydrogen-bond donors (Lipinski definition) is 0. The maximum Gasteiger partial charge on any atom is 0.157 e. The molecule has 0 heterocycles. The SMILES string of the molecule is [CH2]C(OC)OCCCCOC. The lowest BCUT2D eigenvalue weighted by atomic mass is 10.3. The predicted octanol–water partition coefficient (Wildman–Crippen LogP) is 1.24. The maximum atomic E-state index is 5.15. The molecule has 3 nitrogen and oxygen atoms in total. The molecule has 0 aliphatic carbocycles. The van der Waals surface area contributed by atoms with Gasteiger partial charge in [0.05, 0.1) is 0 Å². The zero-order chi connectivity index (χ0) is 8.53. The summed E-state index contributed by atoms with van der Waals surface area (Å²) in [6.07, 6.45) is 1.67. The van der Waals surface area contributed by atoms with Gasteiger partial charge in [0.1, 0.15) is 0 Å². The first kappa shape index (κ1) is 10.9. The molecule has 3 heteroatoms. The van der Waals surface area contributed by atoms with Crippen LogP contribution in [0.3, 0.4) is 0 Å². The molecular weight excluding hydrogens is 144 g/mol. The zero-order valence-corrected chi connectivity index (χ0v) is 7.34. The van der Waals surface area contributed by atoms with E-state index in [9.17, 15) is 0 Å². The molecule has 0 aromatic carbocycles. The topological polar surface area (TPSA) is 27.7 Å². The molecule has 0 fully saturated rings. The number of methoxy groups -OCH3 is 2. The lowest BCUT2D eigenvalue weighted by Crippen LogP contribution is -2.11. The molecule has 0 saturated heterocycles. The van der Waals surface area contributed by atoms with Crippen molar-refractivity contribution in [2.45, 2.75) is 19.1 Å². The summed E-state index contributed by atoms with van der Waals surface area (Å²) < 4.78 is 14.8. The molecule has 67 valence electrons. The predicted molar refractivity (Wildman–Crippen MR) is 43.2 cm³/mol. The normalized spacial score (nSPS) is 13.4. The van der Waals surface area contributed by atoms with Gasteiger partial charge in [-0.3, -0.25) is 0 Å². The van der Waals surface area contributed by atoms with Crippen LogP contribution >= 0.6 is 0 Å². The van der Waals surface area contributed by atoms with Crippen LogP contribution in [0.5, 0.6) is 0 Å². The van der Waals surface area contributed by atoms with Crippen LogP contribution in [0.2, 0.25) is 0 Å². The van der Waals surface area contributed by atoms with Crippen molar-refractivity contribution in [3.05, 3.63) is 6.92 Å². The van der Waals surface area contributed by atoms with Crippen molar-refractivity contribution in [2.75, 3.05) is 27.4 Å². The van der Waals surface area contributed by atoms with Crippen molar-refractivity contribution in [2.24, 2.45) is 0 Å². The lowest BCUT2D eigenvalue weighted by molar-refractivity contribution is -0.0938. The molecule has 0 saturated carbocycles.